The first kappa shape index (κ1) is 14.9. The van der Waals surface area contributed by atoms with E-state index in [4.69, 9.17) is 4.74 Å². The van der Waals surface area contributed by atoms with E-state index in [9.17, 15) is 4.79 Å². The molecule has 0 aromatic rings. The molecule has 0 N–H and O–H groups in total. The normalized spacial score (nSPS) is 19.1. The number of halogens is 1. The number of ether oxygens (including phenoxy) is 1. The molecule has 4 heteroatoms. The zero-order valence-corrected chi connectivity index (χ0v) is 12.1. The summed E-state index contributed by atoms with van der Waals surface area (Å²) in [6.07, 6.45) is 2.95. The summed E-state index contributed by atoms with van der Waals surface area (Å²) < 4.78 is 6.04. The Morgan fingerprint density at radius 2 is 2.07 bits per heavy atom. The van der Waals surface area contributed by atoms with Gasteiger partial charge in [0.05, 0.1) is 32.3 Å². The van der Waals surface area contributed by atoms with Gasteiger partial charge < -0.3 is 33.2 Å². The molecule has 0 amide bonds. The number of quaternary nitrogens is 1. The second-order valence-corrected chi connectivity index (χ2v) is 4.79. The first-order chi connectivity index (χ1) is 6.41. The topological polar surface area (TPSA) is 26.3 Å². The Balaban J connectivity index is 0.00000196. The molecule has 1 aliphatic heterocycles. The number of likely N-dealkylation sites (N-methyl/N-ethyl adjacent to an activating group) is 1. The predicted octanol–water partition coefficient (Wildman–Crippen LogP) is -1.65. The molecule has 0 bridgehead atoms. The van der Waals surface area contributed by atoms with Crippen LogP contribution in [0.25, 0.3) is 0 Å². The number of hydrogen-bond acceptors (Lipinski definition) is 2. The van der Waals surface area contributed by atoms with Crippen LogP contribution in [-0.2, 0) is 9.53 Å². The Labute approximate surface area is 109 Å². The van der Waals surface area contributed by atoms with Crippen LogP contribution in [0.3, 0.4) is 0 Å². The summed E-state index contributed by atoms with van der Waals surface area (Å²) in [5, 5.41) is 0. The van der Waals surface area contributed by atoms with E-state index in [-0.39, 0.29) is 36.0 Å². The largest absolute Gasteiger partial charge is 1.00 e. The SMILES string of the molecule is CC(C)OC(=O)C1=CCC[N+](C)(C)C1.[I-]. The molecule has 15 heavy (non-hydrogen) atoms. The van der Waals surface area contributed by atoms with Crippen LogP contribution >= 0.6 is 0 Å². The molecule has 0 fully saturated rings. The van der Waals surface area contributed by atoms with Crippen molar-refractivity contribution in [2.75, 3.05) is 27.2 Å². The van der Waals surface area contributed by atoms with Gasteiger partial charge in [-0.1, -0.05) is 6.08 Å². The van der Waals surface area contributed by atoms with E-state index in [2.05, 4.69) is 14.1 Å². The van der Waals surface area contributed by atoms with Crippen molar-refractivity contribution >= 4 is 5.97 Å². The van der Waals surface area contributed by atoms with Crippen LogP contribution in [0.15, 0.2) is 11.6 Å². The van der Waals surface area contributed by atoms with Gasteiger partial charge in [-0.3, -0.25) is 0 Å². The zero-order valence-electron chi connectivity index (χ0n) is 9.92. The van der Waals surface area contributed by atoms with Crippen molar-refractivity contribution in [1.29, 1.82) is 0 Å². The van der Waals surface area contributed by atoms with E-state index in [1.54, 1.807) is 0 Å². The number of rotatable bonds is 2. The third-order valence-corrected chi connectivity index (χ3v) is 2.33. The molecule has 0 unspecified atom stereocenters. The number of carbonyl (C=O) groups is 1. The van der Waals surface area contributed by atoms with E-state index >= 15 is 0 Å². The molecule has 1 heterocycles. The standard InChI is InChI=1S/C11H20NO2.HI/c1-9(2)14-11(13)10-6-5-7-12(3,4)8-10;/h6,9H,5,7-8H2,1-4H3;1H/q+1;/p-1. The van der Waals surface area contributed by atoms with Crippen LogP contribution in [0.1, 0.15) is 20.3 Å². The lowest BCUT2D eigenvalue weighted by molar-refractivity contribution is -0.886. The summed E-state index contributed by atoms with van der Waals surface area (Å²) in [5.74, 6) is -0.147. The van der Waals surface area contributed by atoms with E-state index < -0.39 is 0 Å². The highest BCUT2D eigenvalue weighted by Crippen LogP contribution is 2.15. The second kappa shape index (κ2) is 5.84. The minimum Gasteiger partial charge on any atom is -1.00 e. The van der Waals surface area contributed by atoms with Crippen LogP contribution in [0.2, 0.25) is 0 Å². The highest BCUT2D eigenvalue weighted by atomic mass is 127. The van der Waals surface area contributed by atoms with Crippen LogP contribution in [0.5, 0.6) is 0 Å². The number of carbonyl (C=O) groups excluding carboxylic acids is 1. The highest BCUT2D eigenvalue weighted by Gasteiger charge is 2.26. The Morgan fingerprint density at radius 1 is 1.47 bits per heavy atom. The quantitative estimate of drug-likeness (QED) is 0.345. The van der Waals surface area contributed by atoms with E-state index in [1.807, 2.05) is 19.9 Å². The maximum atomic E-state index is 11.6. The van der Waals surface area contributed by atoms with Crippen molar-refractivity contribution in [3.8, 4) is 0 Å². The third-order valence-electron chi connectivity index (χ3n) is 2.33. The summed E-state index contributed by atoms with van der Waals surface area (Å²) in [4.78, 5) is 11.6. The fraction of sp³-hybridized carbons (Fsp3) is 0.727. The third kappa shape index (κ3) is 4.97. The molecule has 88 valence electrons. The van der Waals surface area contributed by atoms with Gasteiger partial charge in [-0.05, 0) is 13.8 Å². The average molecular weight is 325 g/mol. The van der Waals surface area contributed by atoms with Gasteiger partial charge in [0, 0.05) is 6.42 Å². The van der Waals surface area contributed by atoms with Crippen molar-refractivity contribution in [2.24, 2.45) is 0 Å². The first-order valence-electron chi connectivity index (χ1n) is 5.13. The molecule has 0 aliphatic carbocycles. The smallest absolute Gasteiger partial charge is 0.339 e. The lowest BCUT2D eigenvalue weighted by Crippen LogP contribution is -3.00. The van der Waals surface area contributed by atoms with Gasteiger partial charge in [0.1, 0.15) is 6.54 Å². The molecular weight excluding hydrogens is 305 g/mol. The summed E-state index contributed by atoms with van der Waals surface area (Å²) >= 11 is 0. The summed E-state index contributed by atoms with van der Waals surface area (Å²) in [6.45, 7) is 5.63. The Kier molecular flexibility index (Phi) is 5.80. The maximum absolute atomic E-state index is 11.6. The Morgan fingerprint density at radius 3 is 2.53 bits per heavy atom. The van der Waals surface area contributed by atoms with Crippen molar-refractivity contribution in [3.63, 3.8) is 0 Å². The molecule has 0 atom stereocenters. The molecule has 0 saturated carbocycles. The predicted molar refractivity (Wildman–Crippen MR) is 55.8 cm³/mol. The van der Waals surface area contributed by atoms with E-state index in [1.165, 1.54) is 0 Å². The summed E-state index contributed by atoms with van der Waals surface area (Å²) in [7, 11) is 4.27. The van der Waals surface area contributed by atoms with Crippen molar-refractivity contribution in [2.45, 2.75) is 26.4 Å². The molecule has 0 spiro atoms. The molecule has 1 aliphatic rings. The highest BCUT2D eigenvalue weighted by molar-refractivity contribution is 5.88. The van der Waals surface area contributed by atoms with Gasteiger partial charge >= 0.3 is 5.97 Å². The molecular formula is C11H20INO2. The van der Waals surface area contributed by atoms with Gasteiger partial charge in [0.15, 0.2) is 0 Å². The van der Waals surface area contributed by atoms with Crippen molar-refractivity contribution in [1.82, 2.24) is 0 Å². The van der Waals surface area contributed by atoms with Gasteiger partial charge in [-0.2, -0.15) is 0 Å². The van der Waals surface area contributed by atoms with Gasteiger partial charge in [-0.25, -0.2) is 4.79 Å². The van der Waals surface area contributed by atoms with E-state index in [0.717, 1.165) is 29.6 Å². The lowest BCUT2D eigenvalue weighted by atomic mass is 10.1. The van der Waals surface area contributed by atoms with Crippen LogP contribution < -0.4 is 24.0 Å². The van der Waals surface area contributed by atoms with Crippen molar-refractivity contribution in [3.05, 3.63) is 11.6 Å². The number of esters is 1. The first-order valence-corrected chi connectivity index (χ1v) is 5.13. The van der Waals surface area contributed by atoms with Crippen LogP contribution in [0.4, 0.5) is 0 Å². The van der Waals surface area contributed by atoms with Crippen LogP contribution in [0, 0.1) is 0 Å². The number of hydrogen-bond donors (Lipinski definition) is 0. The lowest BCUT2D eigenvalue weighted by Gasteiger charge is -2.33. The Hall–Kier alpha value is -0.100. The maximum Gasteiger partial charge on any atom is 0.339 e. The second-order valence-electron chi connectivity index (χ2n) is 4.79. The summed E-state index contributed by atoms with van der Waals surface area (Å²) in [5.41, 5.74) is 0.829. The minimum atomic E-state index is -0.147. The fourth-order valence-electron chi connectivity index (χ4n) is 1.63. The number of nitrogens with zero attached hydrogens (tertiary/aromatic N) is 1. The molecule has 0 aromatic carbocycles. The molecule has 0 radical (unpaired) electrons. The summed E-state index contributed by atoms with van der Waals surface area (Å²) in [6, 6.07) is 0. The monoisotopic (exact) mass is 325 g/mol. The minimum absolute atomic E-state index is 0. The van der Waals surface area contributed by atoms with Gasteiger partial charge in [-0.15, -0.1) is 0 Å². The molecule has 0 aromatic heterocycles. The van der Waals surface area contributed by atoms with Crippen LogP contribution in [-0.4, -0.2) is 43.7 Å². The molecule has 1 rings (SSSR count). The van der Waals surface area contributed by atoms with E-state index in [0.29, 0.717) is 0 Å². The average Bonchev–Trinajstić information content (AvgIpc) is 2.01. The Bertz CT molecular complexity index is 259. The fourth-order valence-corrected chi connectivity index (χ4v) is 1.63. The zero-order chi connectivity index (χ0) is 10.8. The molecule has 3 nitrogen and oxygen atoms in total. The van der Waals surface area contributed by atoms with Gasteiger partial charge in [0.2, 0.25) is 0 Å². The molecule has 0 saturated heterocycles. The van der Waals surface area contributed by atoms with Crippen molar-refractivity contribution < 1.29 is 38.0 Å². The van der Waals surface area contributed by atoms with Gasteiger partial charge in [0.25, 0.3) is 0 Å².